The van der Waals surface area contributed by atoms with Crippen molar-refractivity contribution in [3.8, 4) is 0 Å². The summed E-state index contributed by atoms with van der Waals surface area (Å²) in [5, 5.41) is 0.414. The Kier molecular flexibility index (Phi) is 6.64. The minimum atomic E-state index is -4.35. The molecule has 0 saturated carbocycles. The van der Waals surface area contributed by atoms with Gasteiger partial charge in [-0.1, -0.05) is 35.4 Å². The number of hydroxylamine groups is 2. The zero-order valence-electron chi connectivity index (χ0n) is 16.1. The van der Waals surface area contributed by atoms with E-state index in [1.165, 1.54) is 38.1 Å². The van der Waals surface area contributed by atoms with Crippen molar-refractivity contribution in [3.63, 3.8) is 0 Å². The first kappa shape index (κ1) is 22.5. The van der Waals surface area contributed by atoms with E-state index in [9.17, 15) is 16.8 Å². The minimum absolute atomic E-state index is 0.139. The van der Waals surface area contributed by atoms with Gasteiger partial charge in [-0.05, 0) is 57.2 Å². The maximum atomic E-state index is 12.6. The highest BCUT2D eigenvalue weighted by molar-refractivity contribution is 7.87. The van der Waals surface area contributed by atoms with E-state index in [2.05, 4.69) is 0 Å². The van der Waals surface area contributed by atoms with Crippen LogP contribution in [0.25, 0.3) is 0 Å². The number of aryl methyl sites for hydroxylation is 2. The second-order valence-corrected chi connectivity index (χ2v) is 10.0. The highest BCUT2D eigenvalue weighted by Gasteiger charge is 2.37. The molecule has 2 rings (SSSR count). The molecule has 0 amide bonds. The largest absolute Gasteiger partial charge is 0.328 e. The lowest BCUT2D eigenvalue weighted by Crippen LogP contribution is -2.50. The van der Waals surface area contributed by atoms with Crippen LogP contribution in [0.1, 0.15) is 25.0 Å². The molecular formula is C18H24N2O6S2. The Morgan fingerprint density at radius 1 is 0.786 bits per heavy atom. The number of hydrogen-bond donors (Lipinski definition) is 1. The van der Waals surface area contributed by atoms with Gasteiger partial charge in [0.25, 0.3) is 0 Å². The molecule has 2 aromatic rings. The van der Waals surface area contributed by atoms with E-state index in [0.717, 1.165) is 11.1 Å². The fourth-order valence-electron chi connectivity index (χ4n) is 1.96. The van der Waals surface area contributed by atoms with Crippen molar-refractivity contribution in [1.29, 1.82) is 0 Å². The van der Waals surface area contributed by atoms with Crippen LogP contribution in [0.4, 0.5) is 0 Å². The lowest BCUT2D eigenvalue weighted by atomic mass is 10.1. The number of rotatable bonds is 8. The van der Waals surface area contributed by atoms with E-state index in [-0.39, 0.29) is 16.3 Å². The molecule has 0 atom stereocenters. The molecule has 0 aliphatic heterocycles. The molecule has 0 fully saturated rings. The molecule has 2 N–H and O–H groups in total. The summed E-state index contributed by atoms with van der Waals surface area (Å²) in [6.07, 6.45) is 0. The van der Waals surface area contributed by atoms with Crippen LogP contribution in [-0.4, -0.2) is 34.1 Å². The van der Waals surface area contributed by atoms with Gasteiger partial charge in [0.1, 0.15) is 0 Å². The van der Waals surface area contributed by atoms with Crippen molar-refractivity contribution in [2.24, 2.45) is 5.73 Å². The maximum Gasteiger partial charge on any atom is 0.315 e. The van der Waals surface area contributed by atoms with Gasteiger partial charge in [0.2, 0.25) is 0 Å². The molecule has 8 nitrogen and oxygen atoms in total. The molecule has 154 valence electrons. The van der Waals surface area contributed by atoms with E-state index in [4.69, 9.17) is 14.3 Å². The SMILES string of the molecule is Cc1ccc(S(=O)(=O)ON(OS(=O)(=O)c2ccc(C)cc2)C(C)(C)CN)cc1. The van der Waals surface area contributed by atoms with Gasteiger partial charge >= 0.3 is 20.2 Å². The average Bonchev–Trinajstić information content (AvgIpc) is 2.61. The minimum Gasteiger partial charge on any atom is -0.328 e. The summed E-state index contributed by atoms with van der Waals surface area (Å²) in [5.74, 6) is 0. The first-order valence-corrected chi connectivity index (χ1v) is 11.2. The van der Waals surface area contributed by atoms with Crippen LogP contribution in [0.5, 0.6) is 0 Å². The fraction of sp³-hybridized carbons (Fsp3) is 0.333. The van der Waals surface area contributed by atoms with Crippen LogP contribution in [0.15, 0.2) is 58.3 Å². The van der Waals surface area contributed by atoms with Crippen molar-refractivity contribution in [2.75, 3.05) is 6.54 Å². The maximum absolute atomic E-state index is 12.6. The number of nitrogens with two attached hydrogens (primary N) is 1. The predicted octanol–water partition coefficient (Wildman–Crippen LogP) is 2.28. The molecule has 0 aromatic heterocycles. The molecule has 0 radical (unpaired) electrons. The molecule has 0 spiro atoms. The smallest absolute Gasteiger partial charge is 0.315 e. The first-order chi connectivity index (χ1) is 12.9. The molecular weight excluding hydrogens is 404 g/mol. The third-order valence-electron chi connectivity index (χ3n) is 3.94. The summed E-state index contributed by atoms with van der Waals surface area (Å²) in [5.41, 5.74) is 6.12. The molecule has 0 aliphatic rings. The number of hydrogen-bond acceptors (Lipinski definition) is 8. The topological polar surface area (TPSA) is 116 Å². The Balaban J connectivity index is 2.37. The summed E-state index contributed by atoms with van der Waals surface area (Å²) in [4.78, 5) is -0.292. The van der Waals surface area contributed by atoms with Crippen molar-refractivity contribution in [1.82, 2.24) is 5.23 Å². The molecule has 0 aliphatic carbocycles. The average molecular weight is 429 g/mol. The van der Waals surface area contributed by atoms with E-state index in [0.29, 0.717) is 5.23 Å². The van der Waals surface area contributed by atoms with Gasteiger partial charge in [-0.25, -0.2) is 0 Å². The normalized spacial score (nSPS) is 13.1. The predicted molar refractivity (Wildman–Crippen MR) is 104 cm³/mol. The van der Waals surface area contributed by atoms with Crippen LogP contribution in [0.3, 0.4) is 0 Å². The van der Waals surface area contributed by atoms with Crippen LogP contribution >= 0.6 is 0 Å². The van der Waals surface area contributed by atoms with Gasteiger partial charge in [0.05, 0.1) is 15.3 Å². The van der Waals surface area contributed by atoms with E-state index in [1.807, 2.05) is 0 Å². The second kappa shape index (κ2) is 8.27. The Bertz CT molecular complexity index is 937. The Morgan fingerprint density at radius 3 is 1.39 bits per heavy atom. The Morgan fingerprint density at radius 2 is 1.11 bits per heavy atom. The standard InChI is InChI=1S/C18H24N2O6S2/c1-14-5-9-16(10-6-14)27(21,22)25-20(18(3,4)13-19)26-28(23,24)17-11-7-15(2)8-12-17/h5-12H,13,19H2,1-4H3. The van der Waals surface area contributed by atoms with Gasteiger partial charge < -0.3 is 5.73 Å². The van der Waals surface area contributed by atoms with Crippen LogP contribution < -0.4 is 5.73 Å². The number of benzene rings is 2. The molecule has 0 heterocycles. The van der Waals surface area contributed by atoms with Gasteiger partial charge in [-0.15, -0.1) is 8.57 Å². The first-order valence-electron chi connectivity index (χ1n) is 8.40. The monoisotopic (exact) mass is 428 g/mol. The highest BCUT2D eigenvalue weighted by atomic mass is 32.2. The lowest BCUT2D eigenvalue weighted by Gasteiger charge is -2.32. The molecule has 0 bridgehead atoms. The summed E-state index contributed by atoms with van der Waals surface area (Å²) >= 11 is 0. The van der Waals surface area contributed by atoms with Crippen LogP contribution in [-0.2, 0) is 28.8 Å². The van der Waals surface area contributed by atoms with Crippen molar-refractivity contribution >= 4 is 20.2 Å². The van der Waals surface area contributed by atoms with Gasteiger partial charge in [-0.2, -0.15) is 16.8 Å². The second-order valence-electron chi connectivity index (χ2n) is 6.96. The molecule has 10 heteroatoms. The fourth-order valence-corrected chi connectivity index (χ4v) is 3.93. The van der Waals surface area contributed by atoms with Gasteiger partial charge in [0.15, 0.2) is 0 Å². The summed E-state index contributed by atoms with van der Waals surface area (Å²) in [7, 11) is -8.70. The molecule has 0 saturated heterocycles. The van der Waals surface area contributed by atoms with E-state index in [1.54, 1.807) is 38.1 Å². The third kappa shape index (κ3) is 5.37. The van der Waals surface area contributed by atoms with Gasteiger partial charge in [-0.3, -0.25) is 0 Å². The zero-order chi connectivity index (χ0) is 21.2. The van der Waals surface area contributed by atoms with E-state index < -0.39 is 25.8 Å². The van der Waals surface area contributed by atoms with Gasteiger partial charge in [0, 0.05) is 6.54 Å². The molecule has 0 unspecified atom stereocenters. The Hall–Kier alpha value is -1.82. The lowest BCUT2D eigenvalue weighted by molar-refractivity contribution is -0.301. The Labute approximate surface area is 166 Å². The van der Waals surface area contributed by atoms with Crippen LogP contribution in [0.2, 0.25) is 0 Å². The quantitative estimate of drug-likeness (QED) is 0.637. The van der Waals surface area contributed by atoms with Crippen molar-refractivity contribution in [3.05, 3.63) is 59.7 Å². The summed E-state index contributed by atoms with van der Waals surface area (Å²) in [6.45, 7) is 6.45. The van der Waals surface area contributed by atoms with Crippen molar-refractivity contribution in [2.45, 2.75) is 43.0 Å². The highest BCUT2D eigenvalue weighted by Crippen LogP contribution is 2.25. The van der Waals surface area contributed by atoms with Crippen LogP contribution in [0, 0.1) is 13.8 Å². The van der Waals surface area contributed by atoms with E-state index >= 15 is 0 Å². The van der Waals surface area contributed by atoms with Crippen molar-refractivity contribution < 1.29 is 25.4 Å². The summed E-state index contributed by atoms with van der Waals surface area (Å²) < 4.78 is 60.5. The number of nitrogens with zero attached hydrogens (tertiary/aromatic N) is 1. The third-order valence-corrected chi connectivity index (χ3v) is 6.31. The molecule has 2 aromatic carbocycles. The summed E-state index contributed by atoms with van der Waals surface area (Å²) in [6, 6.07) is 11.8. The molecule has 28 heavy (non-hydrogen) atoms. The zero-order valence-corrected chi connectivity index (χ0v) is 17.7.